The predicted octanol–water partition coefficient (Wildman–Crippen LogP) is 3.19. The maximum absolute atomic E-state index is 13.0. The molecule has 1 amide bonds. The fourth-order valence-electron chi connectivity index (χ4n) is 1.92. The molecule has 2 rings (SSSR count). The SMILES string of the molecule is C[C@@H](OCc1ccccc1)C(=O)NCc1cc(F)cc(F)c1. The molecule has 1 atom stereocenters. The second-order valence-corrected chi connectivity index (χ2v) is 4.93. The molecule has 2 aromatic rings. The van der Waals surface area contributed by atoms with Crippen molar-refractivity contribution in [1.29, 1.82) is 0 Å². The molecular weight excluding hydrogens is 288 g/mol. The van der Waals surface area contributed by atoms with Crippen molar-refractivity contribution in [1.82, 2.24) is 5.32 Å². The normalized spacial score (nSPS) is 12.0. The van der Waals surface area contributed by atoms with E-state index in [0.717, 1.165) is 11.6 Å². The van der Waals surface area contributed by atoms with Crippen LogP contribution in [0.3, 0.4) is 0 Å². The Morgan fingerprint density at radius 1 is 1.09 bits per heavy atom. The zero-order chi connectivity index (χ0) is 15.9. The lowest BCUT2D eigenvalue weighted by molar-refractivity contribution is -0.132. The Labute approximate surface area is 127 Å². The minimum atomic E-state index is -0.669. The molecule has 1 N–H and O–H groups in total. The first-order chi connectivity index (χ1) is 10.5. The fraction of sp³-hybridized carbons (Fsp3) is 0.235. The van der Waals surface area contributed by atoms with E-state index in [1.807, 2.05) is 30.3 Å². The number of nitrogens with one attached hydrogen (secondary N) is 1. The molecule has 0 saturated heterocycles. The van der Waals surface area contributed by atoms with Crippen LogP contribution >= 0.6 is 0 Å². The lowest BCUT2D eigenvalue weighted by Gasteiger charge is -2.13. The van der Waals surface area contributed by atoms with Crippen LogP contribution in [-0.4, -0.2) is 12.0 Å². The Morgan fingerprint density at radius 2 is 1.73 bits per heavy atom. The number of hydrogen-bond donors (Lipinski definition) is 1. The van der Waals surface area contributed by atoms with E-state index in [4.69, 9.17) is 4.74 Å². The first kappa shape index (κ1) is 16.1. The van der Waals surface area contributed by atoms with Crippen LogP contribution in [0.2, 0.25) is 0 Å². The van der Waals surface area contributed by atoms with Gasteiger partial charge in [0, 0.05) is 12.6 Å². The summed E-state index contributed by atoms with van der Waals surface area (Å²) in [5.74, 6) is -1.67. The Morgan fingerprint density at radius 3 is 2.36 bits per heavy atom. The average Bonchev–Trinajstić information content (AvgIpc) is 2.50. The summed E-state index contributed by atoms with van der Waals surface area (Å²) in [5, 5.41) is 2.59. The van der Waals surface area contributed by atoms with Crippen LogP contribution in [0.1, 0.15) is 18.1 Å². The standard InChI is InChI=1S/C17H17F2NO2/c1-12(22-11-13-5-3-2-4-6-13)17(21)20-10-14-7-15(18)9-16(19)8-14/h2-9,12H,10-11H2,1H3,(H,20,21)/t12-/m1/s1. The van der Waals surface area contributed by atoms with Gasteiger partial charge in [-0.25, -0.2) is 8.78 Å². The van der Waals surface area contributed by atoms with Crippen molar-refractivity contribution in [2.75, 3.05) is 0 Å². The van der Waals surface area contributed by atoms with Crippen molar-refractivity contribution in [2.24, 2.45) is 0 Å². The van der Waals surface area contributed by atoms with E-state index in [9.17, 15) is 13.6 Å². The van der Waals surface area contributed by atoms with E-state index in [0.29, 0.717) is 12.2 Å². The summed E-state index contributed by atoms with van der Waals surface area (Å²) in [7, 11) is 0. The van der Waals surface area contributed by atoms with Gasteiger partial charge < -0.3 is 10.1 Å². The molecule has 0 spiro atoms. The molecule has 5 heteroatoms. The number of carbonyl (C=O) groups excluding carboxylic acids is 1. The van der Waals surface area contributed by atoms with Crippen molar-refractivity contribution in [3.63, 3.8) is 0 Å². The minimum Gasteiger partial charge on any atom is -0.364 e. The maximum Gasteiger partial charge on any atom is 0.249 e. The third kappa shape index (κ3) is 4.93. The topological polar surface area (TPSA) is 38.3 Å². The Kier molecular flexibility index (Phi) is 5.61. The number of benzene rings is 2. The number of hydrogen-bond acceptors (Lipinski definition) is 2. The fourth-order valence-corrected chi connectivity index (χ4v) is 1.92. The van der Waals surface area contributed by atoms with Crippen LogP contribution in [0.4, 0.5) is 8.78 Å². The molecule has 22 heavy (non-hydrogen) atoms. The molecule has 0 saturated carbocycles. The second-order valence-electron chi connectivity index (χ2n) is 4.93. The first-order valence-corrected chi connectivity index (χ1v) is 6.93. The van der Waals surface area contributed by atoms with Crippen molar-refractivity contribution < 1.29 is 18.3 Å². The first-order valence-electron chi connectivity index (χ1n) is 6.93. The summed E-state index contributed by atoms with van der Waals surface area (Å²) in [5.41, 5.74) is 1.33. The second kappa shape index (κ2) is 7.66. The van der Waals surface area contributed by atoms with Crippen LogP contribution in [0, 0.1) is 11.6 Å². The quantitative estimate of drug-likeness (QED) is 0.890. The molecule has 2 aromatic carbocycles. The van der Waals surface area contributed by atoms with Crippen molar-refractivity contribution in [3.8, 4) is 0 Å². The van der Waals surface area contributed by atoms with Crippen LogP contribution < -0.4 is 5.32 Å². The molecular formula is C17H17F2NO2. The number of halogens is 2. The molecule has 0 unspecified atom stereocenters. The molecule has 0 heterocycles. The van der Waals surface area contributed by atoms with E-state index in [-0.39, 0.29) is 12.5 Å². The molecule has 0 aliphatic rings. The number of carbonyl (C=O) groups is 1. The van der Waals surface area contributed by atoms with E-state index in [1.54, 1.807) is 6.92 Å². The van der Waals surface area contributed by atoms with Gasteiger partial charge in [-0.2, -0.15) is 0 Å². The summed E-state index contributed by atoms with van der Waals surface area (Å²) in [4.78, 5) is 11.9. The Bertz CT molecular complexity index is 612. The van der Waals surface area contributed by atoms with Gasteiger partial charge >= 0.3 is 0 Å². The van der Waals surface area contributed by atoms with Gasteiger partial charge in [0.05, 0.1) is 6.61 Å². The molecule has 0 aliphatic heterocycles. The van der Waals surface area contributed by atoms with Crippen LogP contribution in [-0.2, 0) is 22.7 Å². The van der Waals surface area contributed by atoms with Crippen LogP contribution in [0.5, 0.6) is 0 Å². The summed E-state index contributed by atoms with van der Waals surface area (Å²) >= 11 is 0. The summed E-state index contributed by atoms with van der Waals surface area (Å²) in [6, 6.07) is 12.6. The molecule has 3 nitrogen and oxygen atoms in total. The molecule has 0 aliphatic carbocycles. The van der Waals surface area contributed by atoms with Crippen molar-refractivity contribution in [2.45, 2.75) is 26.2 Å². The lowest BCUT2D eigenvalue weighted by atomic mass is 10.2. The van der Waals surface area contributed by atoms with E-state index < -0.39 is 17.7 Å². The number of ether oxygens (including phenoxy) is 1. The highest BCUT2D eigenvalue weighted by Crippen LogP contribution is 2.08. The molecule has 116 valence electrons. The Balaban J connectivity index is 1.81. The van der Waals surface area contributed by atoms with Crippen LogP contribution in [0.15, 0.2) is 48.5 Å². The molecule has 0 radical (unpaired) electrons. The maximum atomic E-state index is 13.0. The summed E-state index contributed by atoms with van der Waals surface area (Å²) < 4.78 is 31.5. The third-order valence-corrected chi connectivity index (χ3v) is 3.10. The van der Waals surface area contributed by atoms with Crippen molar-refractivity contribution in [3.05, 3.63) is 71.3 Å². The smallest absolute Gasteiger partial charge is 0.249 e. The van der Waals surface area contributed by atoms with Gasteiger partial charge in [0.2, 0.25) is 5.91 Å². The van der Waals surface area contributed by atoms with Gasteiger partial charge in [0.1, 0.15) is 17.7 Å². The van der Waals surface area contributed by atoms with Crippen molar-refractivity contribution >= 4 is 5.91 Å². The highest BCUT2D eigenvalue weighted by atomic mass is 19.1. The van der Waals surface area contributed by atoms with Gasteiger partial charge in [0.15, 0.2) is 0 Å². The number of amides is 1. The summed E-state index contributed by atoms with van der Waals surface area (Å²) in [6.07, 6.45) is -0.654. The highest BCUT2D eigenvalue weighted by Gasteiger charge is 2.13. The zero-order valence-corrected chi connectivity index (χ0v) is 12.2. The van der Waals surface area contributed by atoms with Gasteiger partial charge in [-0.05, 0) is 30.2 Å². The third-order valence-electron chi connectivity index (χ3n) is 3.10. The molecule has 0 aromatic heterocycles. The van der Waals surface area contributed by atoms with Gasteiger partial charge in [0.25, 0.3) is 0 Å². The van der Waals surface area contributed by atoms with E-state index in [2.05, 4.69) is 5.32 Å². The zero-order valence-electron chi connectivity index (χ0n) is 12.2. The largest absolute Gasteiger partial charge is 0.364 e. The monoisotopic (exact) mass is 305 g/mol. The van der Waals surface area contributed by atoms with Crippen LogP contribution in [0.25, 0.3) is 0 Å². The van der Waals surface area contributed by atoms with E-state index >= 15 is 0 Å². The average molecular weight is 305 g/mol. The highest BCUT2D eigenvalue weighted by molar-refractivity contribution is 5.80. The summed E-state index contributed by atoms with van der Waals surface area (Å²) in [6.45, 7) is 2.00. The lowest BCUT2D eigenvalue weighted by Crippen LogP contribution is -2.34. The molecule has 0 fully saturated rings. The van der Waals surface area contributed by atoms with Gasteiger partial charge in [-0.1, -0.05) is 30.3 Å². The predicted molar refractivity (Wildman–Crippen MR) is 78.9 cm³/mol. The minimum absolute atomic E-state index is 0.0482. The van der Waals surface area contributed by atoms with Gasteiger partial charge in [-0.3, -0.25) is 4.79 Å². The number of rotatable bonds is 6. The van der Waals surface area contributed by atoms with Gasteiger partial charge in [-0.15, -0.1) is 0 Å². The Hall–Kier alpha value is -2.27. The molecule has 0 bridgehead atoms. The van der Waals surface area contributed by atoms with E-state index in [1.165, 1.54) is 12.1 Å².